The SMILES string of the molecule is N#Cc1ccc(NC(=O)NC2CCC(Nc3nc(N4CCOCC4)cc(-n4c(C(F)F)nc5ccccc54)n3)CC2)cc1. The van der Waals surface area contributed by atoms with Gasteiger partial charge in [-0.2, -0.15) is 15.2 Å². The summed E-state index contributed by atoms with van der Waals surface area (Å²) in [6.07, 6.45) is 0.228. The first kappa shape index (κ1) is 28.3. The van der Waals surface area contributed by atoms with E-state index < -0.39 is 6.43 Å². The molecule has 3 heterocycles. The zero-order valence-corrected chi connectivity index (χ0v) is 23.3. The van der Waals surface area contributed by atoms with Crippen LogP contribution in [0.25, 0.3) is 16.9 Å². The number of aromatic nitrogens is 4. The van der Waals surface area contributed by atoms with E-state index in [9.17, 15) is 13.6 Å². The van der Waals surface area contributed by atoms with Gasteiger partial charge in [-0.05, 0) is 62.1 Å². The first-order chi connectivity index (χ1) is 21.0. The number of para-hydroxylation sites is 2. The smallest absolute Gasteiger partial charge is 0.319 e. The number of nitrogens with zero attached hydrogens (tertiary/aromatic N) is 6. The quantitative estimate of drug-likeness (QED) is 0.275. The topological polar surface area (TPSA) is 133 Å². The molecule has 1 saturated heterocycles. The molecule has 11 nitrogen and oxygen atoms in total. The third-order valence-corrected chi connectivity index (χ3v) is 7.71. The van der Waals surface area contributed by atoms with E-state index in [-0.39, 0.29) is 23.9 Å². The molecule has 43 heavy (non-hydrogen) atoms. The van der Waals surface area contributed by atoms with Crippen molar-refractivity contribution in [2.24, 2.45) is 0 Å². The van der Waals surface area contributed by atoms with Crippen LogP contribution in [0.3, 0.4) is 0 Å². The highest BCUT2D eigenvalue weighted by atomic mass is 19.3. The van der Waals surface area contributed by atoms with Crippen LogP contribution in [0.4, 0.5) is 31.0 Å². The fraction of sp³-hybridized carbons (Fsp3) is 0.367. The van der Waals surface area contributed by atoms with Crippen molar-refractivity contribution in [2.75, 3.05) is 41.8 Å². The van der Waals surface area contributed by atoms with Crippen molar-refractivity contribution in [3.63, 3.8) is 0 Å². The van der Waals surface area contributed by atoms with Crippen LogP contribution < -0.4 is 20.9 Å². The molecule has 2 amide bonds. The second-order valence-electron chi connectivity index (χ2n) is 10.6. The number of halogens is 2. The molecule has 2 aromatic heterocycles. The Hall–Kier alpha value is -4.83. The molecule has 222 valence electrons. The van der Waals surface area contributed by atoms with Gasteiger partial charge in [0.25, 0.3) is 6.43 Å². The number of hydrogen-bond acceptors (Lipinski definition) is 8. The molecule has 2 aliphatic rings. The minimum atomic E-state index is -2.79. The number of carbonyl (C=O) groups excluding carboxylic acids is 1. The maximum Gasteiger partial charge on any atom is 0.319 e. The molecule has 0 radical (unpaired) electrons. The number of alkyl halides is 2. The van der Waals surface area contributed by atoms with E-state index in [2.05, 4.69) is 31.9 Å². The van der Waals surface area contributed by atoms with Crippen molar-refractivity contribution < 1.29 is 18.3 Å². The monoisotopic (exact) mass is 587 g/mol. The highest BCUT2D eigenvalue weighted by Crippen LogP contribution is 2.30. The molecule has 1 aliphatic heterocycles. The lowest BCUT2D eigenvalue weighted by Gasteiger charge is -2.31. The number of morpholine rings is 1. The Labute approximate surface area is 246 Å². The number of nitriles is 1. The van der Waals surface area contributed by atoms with Gasteiger partial charge in [0.1, 0.15) is 11.6 Å². The number of benzene rings is 2. The molecule has 4 aromatic rings. The lowest BCUT2D eigenvalue weighted by atomic mass is 9.91. The van der Waals surface area contributed by atoms with Crippen molar-refractivity contribution >= 4 is 34.5 Å². The standard InChI is InChI=1S/C30H31F2N9O2/c31-27(32)28-37-23-3-1-2-4-24(23)41(28)26-17-25(40-13-15-43-16-14-40)38-29(39-26)34-20-9-11-22(12-10-20)36-30(42)35-21-7-5-19(18-33)6-8-21/h1-8,17,20,22,27H,9-16H2,(H,34,38,39)(H2,35,36,42). The Kier molecular flexibility index (Phi) is 8.28. The highest BCUT2D eigenvalue weighted by Gasteiger charge is 2.26. The highest BCUT2D eigenvalue weighted by molar-refractivity contribution is 5.89. The predicted molar refractivity (Wildman–Crippen MR) is 158 cm³/mol. The van der Waals surface area contributed by atoms with E-state index in [4.69, 9.17) is 20.0 Å². The number of fused-ring (bicyclic) bond motifs is 1. The summed E-state index contributed by atoms with van der Waals surface area (Å²) < 4.78 is 35.2. The predicted octanol–water partition coefficient (Wildman–Crippen LogP) is 5.01. The maximum atomic E-state index is 14.1. The summed E-state index contributed by atoms with van der Waals surface area (Å²) in [5.41, 5.74) is 2.14. The van der Waals surface area contributed by atoms with Crippen molar-refractivity contribution in [3.05, 3.63) is 66.0 Å². The third-order valence-electron chi connectivity index (χ3n) is 7.71. The average Bonchev–Trinajstić information content (AvgIpc) is 3.43. The van der Waals surface area contributed by atoms with Gasteiger partial charge in [0.05, 0.1) is 35.9 Å². The Bertz CT molecular complexity index is 1620. The zero-order chi connectivity index (χ0) is 29.8. The maximum absolute atomic E-state index is 14.1. The van der Waals surface area contributed by atoms with Crippen molar-refractivity contribution in [2.45, 2.75) is 44.2 Å². The summed E-state index contributed by atoms with van der Waals surface area (Å²) >= 11 is 0. The number of anilines is 3. The Morgan fingerprint density at radius 2 is 1.65 bits per heavy atom. The number of urea groups is 1. The van der Waals surface area contributed by atoms with E-state index in [0.29, 0.717) is 66.2 Å². The number of ether oxygens (including phenoxy) is 1. The first-order valence-corrected chi connectivity index (χ1v) is 14.3. The molecule has 3 N–H and O–H groups in total. The molecule has 1 aliphatic carbocycles. The molecule has 2 aromatic carbocycles. The number of amides is 2. The van der Waals surface area contributed by atoms with Gasteiger partial charge in [-0.1, -0.05) is 12.1 Å². The number of rotatable bonds is 7. The normalized spacial score (nSPS) is 18.8. The van der Waals surface area contributed by atoms with Crippen LogP contribution in [0.1, 0.15) is 43.5 Å². The van der Waals surface area contributed by atoms with Gasteiger partial charge in [-0.25, -0.2) is 18.6 Å². The summed E-state index contributed by atoms with van der Waals surface area (Å²) in [5, 5.41) is 18.2. The molecule has 1 saturated carbocycles. The van der Waals surface area contributed by atoms with Gasteiger partial charge in [-0.15, -0.1) is 0 Å². The van der Waals surface area contributed by atoms with Gasteiger partial charge in [0.15, 0.2) is 5.82 Å². The van der Waals surface area contributed by atoms with Gasteiger partial charge in [-0.3, -0.25) is 4.57 Å². The van der Waals surface area contributed by atoms with E-state index in [1.807, 2.05) is 0 Å². The minimum Gasteiger partial charge on any atom is -0.378 e. The molecule has 0 spiro atoms. The Morgan fingerprint density at radius 1 is 0.953 bits per heavy atom. The van der Waals surface area contributed by atoms with Crippen LogP contribution in [0.15, 0.2) is 54.6 Å². The summed E-state index contributed by atoms with van der Waals surface area (Å²) in [6, 6.07) is 17.2. The number of hydrogen-bond donors (Lipinski definition) is 3. The van der Waals surface area contributed by atoms with Gasteiger partial charge >= 0.3 is 6.03 Å². The largest absolute Gasteiger partial charge is 0.378 e. The zero-order valence-electron chi connectivity index (χ0n) is 23.3. The molecule has 2 fully saturated rings. The Morgan fingerprint density at radius 3 is 2.37 bits per heavy atom. The van der Waals surface area contributed by atoms with E-state index in [0.717, 1.165) is 25.7 Å². The number of carbonyl (C=O) groups is 1. The van der Waals surface area contributed by atoms with Crippen molar-refractivity contribution in [1.29, 1.82) is 5.26 Å². The molecule has 0 bridgehead atoms. The number of nitrogens with one attached hydrogen (secondary N) is 3. The second-order valence-corrected chi connectivity index (χ2v) is 10.6. The third kappa shape index (κ3) is 6.49. The molecule has 13 heteroatoms. The summed E-state index contributed by atoms with van der Waals surface area (Å²) in [6.45, 7) is 2.36. The van der Waals surface area contributed by atoms with E-state index >= 15 is 0 Å². The van der Waals surface area contributed by atoms with Gasteiger partial charge < -0.3 is 25.6 Å². The molecular formula is C30H31F2N9O2. The van der Waals surface area contributed by atoms with Crippen LogP contribution in [-0.4, -0.2) is 63.9 Å². The first-order valence-electron chi connectivity index (χ1n) is 14.3. The minimum absolute atomic E-state index is 0.00138. The van der Waals surface area contributed by atoms with Crippen LogP contribution in [0, 0.1) is 11.3 Å². The molecule has 0 unspecified atom stereocenters. The molecule has 0 atom stereocenters. The van der Waals surface area contributed by atoms with E-state index in [1.165, 1.54) is 4.57 Å². The van der Waals surface area contributed by atoms with E-state index in [1.54, 1.807) is 54.6 Å². The Balaban J connectivity index is 1.17. The van der Waals surface area contributed by atoms with Crippen molar-refractivity contribution in [3.8, 4) is 11.9 Å². The van der Waals surface area contributed by atoms with Gasteiger partial charge in [0.2, 0.25) is 5.95 Å². The average molecular weight is 588 g/mol. The van der Waals surface area contributed by atoms with Gasteiger partial charge in [0, 0.05) is 36.9 Å². The number of imidazole rings is 1. The fourth-order valence-electron chi connectivity index (χ4n) is 5.53. The summed E-state index contributed by atoms with van der Waals surface area (Å²) in [4.78, 5) is 28.2. The molecule has 6 rings (SSSR count). The van der Waals surface area contributed by atoms with Crippen LogP contribution in [-0.2, 0) is 4.74 Å². The lowest BCUT2D eigenvalue weighted by molar-refractivity contribution is 0.122. The van der Waals surface area contributed by atoms with Crippen LogP contribution in [0.2, 0.25) is 0 Å². The fourth-order valence-corrected chi connectivity index (χ4v) is 5.53. The summed E-state index contributed by atoms with van der Waals surface area (Å²) in [5.74, 6) is 0.929. The lowest BCUT2D eigenvalue weighted by Crippen LogP contribution is -2.42. The van der Waals surface area contributed by atoms with Crippen molar-refractivity contribution in [1.82, 2.24) is 24.8 Å². The van der Waals surface area contributed by atoms with Crippen LogP contribution >= 0.6 is 0 Å². The second kappa shape index (κ2) is 12.6. The molecular weight excluding hydrogens is 556 g/mol. The summed E-state index contributed by atoms with van der Waals surface area (Å²) in [7, 11) is 0. The van der Waals surface area contributed by atoms with Crippen LogP contribution in [0.5, 0.6) is 0 Å².